The average Bonchev–Trinajstić information content (AvgIpc) is 2.46. The smallest absolute Gasteiger partial charge is 0.0354 e. The number of benzene rings is 1. The third-order valence-electron chi connectivity index (χ3n) is 2.93. The Labute approximate surface area is 117 Å². The minimum atomic E-state index is 0.417. The van der Waals surface area contributed by atoms with Crippen LogP contribution in [0.5, 0.6) is 0 Å². The van der Waals surface area contributed by atoms with E-state index in [2.05, 4.69) is 67.4 Å². The molecule has 1 aromatic carbocycles. The molecule has 0 spiro atoms. The van der Waals surface area contributed by atoms with Crippen LogP contribution in [0.4, 0.5) is 0 Å². The molecular formula is C18H25N. The highest BCUT2D eigenvalue weighted by Crippen LogP contribution is 2.17. The Kier molecular flexibility index (Phi) is 8.41. The Bertz CT molecular complexity index is 389. The lowest BCUT2D eigenvalue weighted by Crippen LogP contribution is -2.21. The Balaban J connectivity index is 2.50. The van der Waals surface area contributed by atoms with E-state index in [9.17, 15) is 0 Å². The molecule has 0 aromatic heterocycles. The van der Waals surface area contributed by atoms with E-state index in [0.29, 0.717) is 6.04 Å². The molecule has 0 radical (unpaired) electrons. The summed E-state index contributed by atoms with van der Waals surface area (Å²) in [5.41, 5.74) is 1.36. The van der Waals surface area contributed by atoms with Gasteiger partial charge in [0.15, 0.2) is 0 Å². The van der Waals surface area contributed by atoms with Gasteiger partial charge in [0, 0.05) is 6.04 Å². The van der Waals surface area contributed by atoms with E-state index < -0.39 is 0 Å². The lowest BCUT2D eigenvalue weighted by molar-refractivity contribution is 0.536. The van der Waals surface area contributed by atoms with Crippen LogP contribution in [-0.4, -0.2) is 6.54 Å². The van der Waals surface area contributed by atoms with Crippen molar-refractivity contribution in [1.82, 2.24) is 5.32 Å². The first-order valence-electron chi connectivity index (χ1n) is 7.09. The van der Waals surface area contributed by atoms with Crippen LogP contribution in [-0.2, 0) is 0 Å². The fourth-order valence-electron chi connectivity index (χ4n) is 1.92. The number of rotatable bonds is 9. The summed E-state index contributed by atoms with van der Waals surface area (Å²) in [5, 5.41) is 3.60. The molecule has 0 saturated heterocycles. The van der Waals surface area contributed by atoms with Gasteiger partial charge in [0.25, 0.3) is 0 Å². The maximum atomic E-state index is 3.66. The molecule has 0 aliphatic carbocycles. The van der Waals surface area contributed by atoms with Gasteiger partial charge >= 0.3 is 0 Å². The van der Waals surface area contributed by atoms with Crippen molar-refractivity contribution in [2.45, 2.75) is 32.2 Å². The molecule has 0 aliphatic rings. The predicted molar refractivity (Wildman–Crippen MR) is 85.2 cm³/mol. The maximum Gasteiger partial charge on any atom is 0.0354 e. The van der Waals surface area contributed by atoms with E-state index in [4.69, 9.17) is 0 Å². The Hall–Kier alpha value is -1.60. The summed E-state index contributed by atoms with van der Waals surface area (Å²) >= 11 is 0. The number of allylic oxidation sites excluding steroid dienone is 4. The van der Waals surface area contributed by atoms with Crippen LogP contribution in [0.3, 0.4) is 0 Å². The summed E-state index contributed by atoms with van der Waals surface area (Å²) in [4.78, 5) is 0. The minimum Gasteiger partial charge on any atom is -0.310 e. The molecule has 102 valence electrons. The summed E-state index contributed by atoms with van der Waals surface area (Å²) in [6.07, 6.45) is 13.5. The van der Waals surface area contributed by atoms with E-state index in [1.807, 2.05) is 12.2 Å². The summed E-state index contributed by atoms with van der Waals surface area (Å²) in [5.74, 6) is 0. The fourth-order valence-corrected chi connectivity index (χ4v) is 1.92. The maximum absolute atomic E-state index is 3.66. The zero-order chi connectivity index (χ0) is 13.8. The number of hydrogen-bond donors (Lipinski definition) is 1. The molecule has 0 bridgehead atoms. The zero-order valence-electron chi connectivity index (χ0n) is 11.9. The molecular weight excluding hydrogens is 230 g/mol. The summed E-state index contributed by atoms with van der Waals surface area (Å²) in [6.45, 7) is 6.92. The van der Waals surface area contributed by atoms with E-state index in [0.717, 1.165) is 25.8 Å². The molecule has 1 rings (SSSR count). The fraction of sp³-hybridized carbons (Fsp3) is 0.333. The third kappa shape index (κ3) is 6.78. The average molecular weight is 255 g/mol. The van der Waals surface area contributed by atoms with Crippen molar-refractivity contribution in [1.29, 1.82) is 0 Å². The van der Waals surface area contributed by atoms with Gasteiger partial charge in [-0.1, -0.05) is 74.2 Å². The van der Waals surface area contributed by atoms with Crippen molar-refractivity contribution < 1.29 is 0 Å². The van der Waals surface area contributed by atoms with Crippen molar-refractivity contribution in [3.8, 4) is 0 Å². The van der Waals surface area contributed by atoms with Gasteiger partial charge in [-0.3, -0.25) is 0 Å². The summed E-state index contributed by atoms with van der Waals surface area (Å²) in [7, 11) is 0. The molecule has 1 nitrogen and oxygen atoms in total. The normalized spacial score (nSPS) is 13.1. The Morgan fingerprint density at radius 3 is 2.63 bits per heavy atom. The van der Waals surface area contributed by atoms with Gasteiger partial charge in [-0.2, -0.15) is 0 Å². The van der Waals surface area contributed by atoms with Crippen LogP contribution in [0.1, 0.15) is 37.8 Å². The molecule has 0 amide bonds. The van der Waals surface area contributed by atoms with Crippen LogP contribution in [0.25, 0.3) is 0 Å². The molecule has 1 N–H and O–H groups in total. The Morgan fingerprint density at radius 2 is 1.95 bits per heavy atom. The van der Waals surface area contributed by atoms with Crippen molar-refractivity contribution in [3.05, 3.63) is 72.9 Å². The van der Waals surface area contributed by atoms with Gasteiger partial charge in [0.1, 0.15) is 0 Å². The van der Waals surface area contributed by atoms with Crippen LogP contribution in [0, 0.1) is 0 Å². The molecule has 0 saturated carbocycles. The van der Waals surface area contributed by atoms with Crippen molar-refractivity contribution in [2.24, 2.45) is 0 Å². The van der Waals surface area contributed by atoms with Crippen molar-refractivity contribution >= 4 is 0 Å². The van der Waals surface area contributed by atoms with E-state index in [1.165, 1.54) is 5.56 Å². The second kappa shape index (κ2) is 10.3. The molecule has 1 atom stereocenters. The lowest BCUT2D eigenvalue weighted by Gasteiger charge is -2.17. The van der Waals surface area contributed by atoms with E-state index in [1.54, 1.807) is 0 Å². The topological polar surface area (TPSA) is 12.0 Å². The first-order chi connectivity index (χ1) is 9.38. The number of hydrogen-bond acceptors (Lipinski definition) is 1. The molecule has 1 aromatic rings. The van der Waals surface area contributed by atoms with E-state index >= 15 is 0 Å². The monoisotopic (exact) mass is 255 g/mol. The van der Waals surface area contributed by atoms with Crippen molar-refractivity contribution in [3.63, 3.8) is 0 Å². The highest BCUT2D eigenvalue weighted by atomic mass is 14.9. The van der Waals surface area contributed by atoms with E-state index in [-0.39, 0.29) is 0 Å². The molecule has 0 heterocycles. The van der Waals surface area contributed by atoms with Crippen LogP contribution in [0.15, 0.2) is 67.3 Å². The highest BCUT2D eigenvalue weighted by molar-refractivity contribution is 5.19. The van der Waals surface area contributed by atoms with Crippen LogP contribution < -0.4 is 5.32 Å². The second-order valence-electron chi connectivity index (χ2n) is 4.52. The van der Waals surface area contributed by atoms with Gasteiger partial charge in [-0.15, -0.1) is 0 Å². The standard InChI is InChI=1S/C18H25N/c1-3-5-6-7-8-12-15-18(19-16-4-2)17-13-10-9-11-14-17/h3,5-6,8-14,18-19H,1,4,7,15-16H2,2H3. The van der Waals surface area contributed by atoms with Crippen LogP contribution >= 0.6 is 0 Å². The molecule has 1 unspecified atom stereocenters. The van der Waals surface area contributed by atoms with Gasteiger partial charge in [-0.25, -0.2) is 0 Å². The van der Waals surface area contributed by atoms with Gasteiger partial charge < -0.3 is 5.32 Å². The van der Waals surface area contributed by atoms with Gasteiger partial charge in [0.2, 0.25) is 0 Å². The third-order valence-corrected chi connectivity index (χ3v) is 2.93. The number of nitrogens with one attached hydrogen (secondary N) is 1. The largest absolute Gasteiger partial charge is 0.310 e. The first kappa shape index (κ1) is 15.5. The quantitative estimate of drug-likeness (QED) is 0.493. The Morgan fingerprint density at radius 1 is 1.16 bits per heavy atom. The van der Waals surface area contributed by atoms with Crippen LogP contribution in [0.2, 0.25) is 0 Å². The predicted octanol–water partition coefficient (Wildman–Crippen LogP) is 4.81. The highest BCUT2D eigenvalue weighted by Gasteiger charge is 2.07. The lowest BCUT2D eigenvalue weighted by atomic mass is 10.0. The molecule has 0 aliphatic heterocycles. The summed E-state index contributed by atoms with van der Waals surface area (Å²) < 4.78 is 0. The molecule has 0 fully saturated rings. The SMILES string of the molecule is C=CC=CCC=CCC(NCCC)c1ccccc1. The van der Waals surface area contributed by atoms with Gasteiger partial charge in [-0.05, 0) is 31.4 Å². The first-order valence-corrected chi connectivity index (χ1v) is 7.09. The van der Waals surface area contributed by atoms with Crippen molar-refractivity contribution in [2.75, 3.05) is 6.54 Å². The minimum absolute atomic E-state index is 0.417. The molecule has 19 heavy (non-hydrogen) atoms. The summed E-state index contributed by atoms with van der Waals surface area (Å²) in [6, 6.07) is 11.1. The second-order valence-corrected chi connectivity index (χ2v) is 4.52. The van der Waals surface area contributed by atoms with Gasteiger partial charge in [0.05, 0.1) is 0 Å². The zero-order valence-corrected chi connectivity index (χ0v) is 11.9. The molecule has 1 heteroatoms.